The monoisotopic (exact) mass is 263 g/mol. The lowest BCUT2D eigenvalue weighted by atomic mass is 10.1. The normalized spacial score (nSPS) is 11.3. The summed E-state index contributed by atoms with van der Waals surface area (Å²) in [4.78, 5) is 9.47. The molecule has 0 aliphatic heterocycles. The van der Waals surface area contributed by atoms with E-state index in [-0.39, 0.29) is 5.69 Å². The minimum atomic E-state index is -4.75. The highest BCUT2D eigenvalue weighted by Gasteiger charge is 2.38. The van der Waals surface area contributed by atoms with Gasteiger partial charge in [-0.15, -0.1) is 0 Å². The van der Waals surface area contributed by atoms with Crippen molar-refractivity contribution in [2.45, 2.75) is 6.18 Å². The number of rotatable bonds is 5. The molecule has 0 heterocycles. The third-order valence-electron chi connectivity index (χ3n) is 2.20. The highest BCUT2D eigenvalue weighted by atomic mass is 19.4. The smallest absolute Gasteiger partial charge is 0.384 e. The molecule has 0 saturated carbocycles. The van der Waals surface area contributed by atoms with E-state index in [4.69, 9.17) is 0 Å². The first-order valence-electron chi connectivity index (χ1n) is 5.10. The van der Waals surface area contributed by atoms with E-state index >= 15 is 0 Å². The number of alkyl halides is 3. The van der Waals surface area contributed by atoms with Gasteiger partial charge < -0.3 is 10.6 Å². The summed E-state index contributed by atoms with van der Waals surface area (Å²) in [6, 6.07) is 2.85. The lowest BCUT2D eigenvalue weighted by molar-refractivity contribution is -0.388. The van der Waals surface area contributed by atoms with E-state index in [1.807, 2.05) is 0 Å². The fourth-order valence-corrected chi connectivity index (χ4v) is 1.36. The van der Waals surface area contributed by atoms with Gasteiger partial charge in [-0.2, -0.15) is 13.2 Å². The molecule has 18 heavy (non-hydrogen) atoms. The molecule has 0 atom stereocenters. The number of nitrogens with one attached hydrogen (secondary N) is 2. The molecule has 100 valence electrons. The van der Waals surface area contributed by atoms with Crippen LogP contribution >= 0.6 is 0 Å². The molecule has 1 rings (SSSR count). The molecule has 0 radical (unpaired) electrons. The van der Waals surface area contributed by atoms with E-state index < -0.39 is 22.4 Å². The van der Waals surface area contributed by atoms with Crippen LogP contribution in [0.25, 0.3) is 0 Å². The summed E-state index contributed by atoms with van der Waals surface area (Å²) in [5, 5.41) is 16.1. The highest BCUT2D eigenvalue weighted by Crippen LogP contribution is 2.37. The fourth-order valence-electron chi connectivity index (χ4n) is 1.36. The third kappa shape index (κ3) is 3.59. The number of nitro groups is 1. The van der Waals surface area contributed by atoms with Gasteiger partial charge in [-0.1, -0.05) is 0 Å². The molecule has 1 aromatic rings. The summed E-state index contributed by atoms with van der Waals surface area (Å²) in [5.41, 5.74) is -1.99. The van der Waals surface area contributed by atoms with Crippen molar-refractivity contribution in [2.75, 3.05) is 25.5 Å². The van der Waals surface area contributed by atoms with E-state index in [9.17, 15) is 23.3 Å². The van der Waals surface area contributed by atoms with E-state index in [2.05, 4.69) is 10.6 Å². The summed E-state index contributed by atoms with van der Waals surface area (Å²) < 4.78 is 37.9. The number of hydrogen-bond acceptors (Lipinski definition) is 4. The highest BCUT2D eigenvalue weighted by molar-refractivity contribution is 5.55. The molecule has 5 nitrogen and oxygen atoms in total. The molecule has 2 N–H and O–H groups in total. The van der Waals surface area contributed by atoms with Gasteiger partial charge in [-0.25, -0.2) is 0 Å². The second kappa shape index (κ2) is 5.67. The topological polar surface area (TPSA) is 67.2 Å². The minimum Gasteiger partial charge on any atom is -0.384 e. The molecular formula is C10H12F3N3O2. The second-order valence-electron chi connectivity index (χ2n) is 3.52. The van der Waals surface area contributed by atoms with Crippen LogP contribution in [-0.4, -0.2) is 25.1 Å². The van der Waals surface area contributed by atoms with Crippen molar-refractivity contribution in [3.63, 3.8) is 0 Å². The van der Waals surface area contributed by atoms with Gasteiger partial charge in [0, 0.05) is 24.8 Å². The Hall–Kier alpha value is -1.83. The number of anilines is 1. The van der Waals surface area contributed by atoms with Gasteiger partial charge in [0.1, 0.15) is 5.56 Å². The fraction of sp³-hybridized carbons (Fsp3) is 0.400. The van der Waals surface area contributed by atoms with Gasteiger partial charge in [0.05, 0.1) is 4.92 Å². The quantitative estimate of drug-likeness (QED) is 0.485. The Bertz CT molecular complexity index is 435. The standard InChI is InChI=1S/C10H12F3N3O2/c1-14-4-5-15-7-2-3-9(16(17)18)8(6-7)10(11,12)13/h2-3,6,14-15H,4-5H2,1H3. The molecule has 0 bridgehead atoms. The predicted octanol–water partition coefficient (Wildman–Crippen LogP) is 2.24. The van der Waals surface area contributed by atoms with Crippen molar-refractivity contribution in [3.8, 4) is 0 Å². The molecule has 0 aliphatic carbocycles. The molecule has 1 aromatic carbocycles. The maximum Gasteiger partial charge on any atom is 0.423 e. The van der Waals surface area contributed by atoms with Crippen molar-refractivity contribution in [2.24, 2.45) is 0 Å². The number of benzene rings is 1. The van der Waals surface area contributed by atoms with Crippen molar-refractivity contribution in [1.82, 2.24) is 5.32 Å². The van der Waals surface area contributed by atoms with Crippen LogP contribution in [0.15, 0.2) is 18.2 Å². The van der Waals surface area contributed by atoms with Crippen molar-refractivity contribution < 1.29 is 18.1 Å². The maximum absolute atomic E-state index is 12.6. The van der Waals surface area contributed by atoms with Crippen LogP contribution in [-0.2, 0) is 6.18 Å². The van der Waals surface area contributed by atoms with Gasteiger partial charge in [-0.05, 0) is 19.2 Å². The van der Waals surface area contributed by atoms with Gasteiger partial charge in [0.25, 0.3) is 5.69 Å². The molecule has 0 aliphatic rings. The SMILES string of the molecule is CNCCNc1ccc([N+](=O)[O-])c(C(F)(F)F)c1. The molecule has 8 heteroatoms. The van der Waals surface area contributed by atoms with Crippen LogP contribution in [0.2, 0.25) is 0 Å². The molecule has 0 spiro atoms. The van der Waals surface area contributed by atoms with Crippen molar-refractivity contribution >= 4 is 11.4 Å². The minimum absolute atomic E-state index is 0.197. The van der Waals surface area contributed by atoms with Crippen LogP contribution in [0.3, 0.4) is 0 Å². The largest absolute Gasteiger partial charge is 0.423 e. The van der Waals surface area contributed by atoms with Crippen molar-refractivity contribution in [1.29, 1.82) is 0 Å². The molecule has 0 aromatic heterocycles. The number of nitrogens with zero attached hydrogens (tertiary/aromatic N) is 1. The maximum atomic E-state index is 12.6. The Morgan fingerprint density at radius 1 is 1.33 bits per heavy atom. The molecular weight excluding hydrogens is 251 g/mol. The van der Waals surface area contributed by atoms with E-state index in [1.54, 1.807) is 7.05 Å². The predicted molar refractivity (Wildman–Crippen MR) is 60.5 cm³/mol. The first-order chi connectivity index (χ1) is 8.36. The first-order valence-corrected chi connectivity index (χ1v) is 5.10. The number of nitro benzene ring substituents is 1. The van der Waals surface area contributed by atoms with Gasteiger partial charge in [0.15, 0.2) is 0 Å². The number of hydrogen-bond donors (Lipinski definition) is 2. The summed E-state index contributed by atoms with van der Waals surface area (Å²) >= 11 is 0. The molecule has 0 amide bonds. The lowest BCUT2D eigenvalue weighted by Crippen LogP contribution is -2.18. The average molecular weight is 263 g/mol. The third-order valence-corrected chi connectivity index (χ3v) is 2.20. The Morgan fingerprint density at radius 2 is 2.00 bits per heavy atom. The van der Waals surface area contributed by atoms with E-state index in [0.717, 1.165) is 12.1 Å². The zero-order chi connectivity index (χ0) is 13.8. The first kappa shape index (κ1) is 14.2. The molecule has 0 unspecified atom stereocenters. The number of halogens is 3. The summed E-state index contributed by atoms with van der Waals surface area (Å²) in [7, 11) is 1.71. The lowest BCUT2D eigenvalue weighted by Gasteiger charge is -2.11. The van der Waals surface area contributed by atoms with Gasteiger partial charge in [0.2, 0.25) is 0 Å². The molecule has 0 fully saturated rings. The Balaban J connectivity index is 3.02. The van der Waals surface area contributed by atoms with Crippen LogP contribution in [0, 0.1) is 10.1 Å². The van der Waals surface area contributed by atoms with E-state index in [1.165, 1.54) is 6.07 Å². The van der Waals surface area contributed by atoms with Crippen LogP contribution in [0.4, 0.5) is 24.5 Å². The summed E-state index contributed by atoms with van der Waals surface area (Å²) in [6.45, 7) is 0.990. The Labute approximate surface area is 101 Å². The zero-order valence-corrected chi connectivity index (χ0v) is 9.54. The molecule has 0 saturated heterocycles. The van der Waals surface area contributed by atoms with Crippen molar-refractivity contribution in [3.05, 3.63) is 33.9 Å². The summed E-state index contributed by atoms with van der Waals surface area (Å²) in [6.07, 6.45) is -4.75. The van der Waals surface area contributed by atoms with Crippen LogP contribution in [0.5, 0.6) is 0 Å². The summed E-state index contributed by atoms with van der Waals surface area (Å²) in [5.74, 6) is 0. The van der Waals surface area contributed by atoms with Crippen LogP contribution in [0.1, 0.15) is 5.56 Å². The van der Waals surface area contributed by atoms with Gasteiger partial charge >= 0.3 is 6.18 Å². The van der Waals surface area contributed by atoms with E-state index in [0.29, 0.717) is 13.1 Å². The second-order valence-corrected chi connectivity index (χ2v) is 3.52. The Kier molecular flexibility index (Phi) is 4.49. The number of likely N-dealkylation sites (N-methyl/N-ethyl adjacent to an activating group) is 1. The van der Waals surface area contributed by atoms with Crippen LogP contribution < -0.4 is 10.6 Å². The average Bonchev–Trinajstić information content (AvgIpc) is 2.28. The van der Waals surface area contributed by atoms with Gasteiger partial charge in [-0.3, -0.25) is 10.1 Å². The zero-order valence-electron chi connectivity index (χ0n) is 9.54. The Morgan fingerprint density at radius 3 is 2.50 bits per heavy atom.